The van der Waals surface area contributed by atoms with E-state index in [4.69, 9.17) is 5.73 Å². The second kappa shape index (κ2) is 9.53. The molecule has 1 fully saturated rings. The summed E-state index contributed by atoms with van der Waals surface area (Å²) in [6.07, 6.45) is 6.10. The highest BCUT2D eigenvalue weighted by Crippen LogP contribution is 2.39. The fourth-order valence-electron chi connectivity index (χ4n) is 4.50. The number of hydrogen-bond acceptors (Lipinski definition) is 4. The maximum absolute atomic E-state index is 12.1. The SMILES string of the molecule is CCN=C(/N=C(\N)c1cnc(-c2ccc(C3CC3)nc2)c(C)c1)Nc1cc2c(cc1C)C(=O)NC2C. The Balaban J connectivity index is 1.38. The van der Waals surface area contributed by atoms with E-state index in [9.17, 15) is 4.79 Å². The van der Waals surface area contributed by atoms with E-state index in [1.165, 1.54) is 12.8 Å². The maximum atomic E-state index is 12.1. The Hall–Kier alpha value is -4.07. The first-order chi connectivity index (χ1) is 17.3. The van der Waals surface area contributed by atoms with Crippen LogP contribution in [0, 0.1) is 13.8 Å². The molecule has 5 rings (SSSR count). The summed E-state index contributed by atoms with van der Waals surface area (Å²) in [5, 5.41) is 6.25. The van der Waals surface area contributed by atoms with Gasteiger partial charge in [-0.3, -0.25) is 19.8 Å². The summed E-state index contributed by atoms with van der Waals surface area (Å²) < 4.78 is 0. The van der Waals surface area contributed by atoms with Crippen LogP contribution in [0.3, 0.4) is 0 Å². The Morgan fingerprint density at radius 2 is 1.94 bits per heavy atom. The van der Waals surface area contributed by atoms with Crippen molar-refractivity contribution in [1.29, 1.82) is 0 Å². The first kappa shape index (κ1) is 23.7. The van der Waals surface area contributed by atoms with Gasteiger partial charge in [0, 0.05) is 52.9 Å². The normalized spacial score (nSPS) is 17.7. The minimum absolute atomic E-state index is 0.0403. The number of aryl methyl sites for hydroxylation is 2. The van der Waals surface area contributed by atoms with Crippen LogP contribution in [-0.2, 0) is 0 Å². The molecule has 0 radical (unpaired) electrons. The van der Waals surface area contributed by atoms with Gasteiger partial charge >= 0.3 is 0 Å². The predicted molar refractivity (Wildman–Crippen MR) is 144 cm³/mol. The van der Waals surface area contributed by atoms with E-state index in [1.807, 2.05) is 52.1 Å². The van der Waals surface area contributed by atoms with Crippen molar-refractivity contribution in [3.8, 4) is 11.3 Å². The van der Waals surface area contributed by atoms with E-state index < -0.39 is 0 Å². The third-order valence-electron chi connectivity index (χ3n) is 6.67. The van der Waals surface area contributed by atoms with Gasteiger partial charge in [0.2, 0.25) is 5.96 Å². The van der Waals surface area contributed by atoms with Crippen LogP contribution < -0.4 is 16.4 Å². The fraction of sp³-hybridized carbons (Fsp3) is 0.321. The first-order valence-electron chi connectivity index (χ1n) is 12.4. The molecular weight excluding hydrogens is 450 g/mol. The Kier molecular flexibility index (Phi) is 6.26. The lowest BCUT2D eigenvalue weighted by Crippen LogP contribution is -2.20. The number of benzene rings is 1. The summed E-state index contributed by atoms with van der Waals surface area (Å²) in [6.45, 7) is 8.41. The molecule has 2 aliphatic rings. The molecule has 1 aromatic carbocycles. The number of aromatic nitrogens is 2. The molecule has 1 saturated carbocycles. The quantitative estimate of drug-likeness (QED) is 0.363. The Bertz CT molecular complexity index is 1390. The van der Waals surface area contributed by atoms with Crippen molar-refractivity contribution >= 4 is 23.4 Å². The van der Waals surface area contributed by atoms with Gasteiger partial charge in [-0.2, -0.15) is 4.99 Å². The number of fused-ring (bicyclic) bond motifs is 1. The minimum atomic E-state index is -0.0437. The molecule has 0 saturated heterocycles. The summed E-state index contributed by atoms with van der Waals surface area (Å²) in [5.74, 6) is 1.31. The average molecular weight is 482 g/mol. The van der Waals surface area contributed by atoms with Crippen LogP contribution in [0.4, 0.5) is 5.69 Å². The molecule has 1 amide bonds. The zero-order valence-corrected chi connectivity index (χ0v) is 21.1. The number of amidine groups is 1. The number of nitrogens with zero attached hydrogens (tertiary/aromatic N) is 4. The van der Waals surface area contributed by atoms with Crippen LogP contribution in [-0.4, -0.2) is 34.2 Å². The van der Waals surface area contributed by atoms with Gasteiger partial charge in [0.1, 0.15) is 5.84 Å². The summed E-state index contributed by atoms with van der Waals surface area (Å²) in [6, 6.07) is 10.0. The van der Waals surface area contributed by atoms with E-state index in [-0.39, 0.29) is 11.9 Å². The third kappa shape index (κ3) is 4.71. The standard InChI is InChI=1S/C28H31N7O/c1-5-30-28(34-24-12-21-17(4)33-27(36)22(21)11-15(24)2)35-26(29)20-10-16(3)25(32-14-20)19-8-9-23(31-13-19)18-6-7-18/h8-14,17-18H,5-7H2,1-4H3,(H,33,36)(H3,29,30,34,35). The molecule has 184 valence electrons. The van der Waals surface area contributed by atoms with Crippen molar-refractivity contribution in [3.63, 3.8) is 0 Å². The summed E-state index contributed by atoms with van der Waals surface area (Å²) in [4.78, 5) is 30.5. The highest BCUT2D eigenvalue weighted by Gasteiger charge is 2.27. The molecule has 2 aromatic heterocycles. The van der Waals surface area contributed by atoms with Crippen LogP contribution in [0.2, 0.25) is 0 Å². The smallest absolute Gasteiger partial charge is 0.252 e. The average Bonchev–Trinajstić information content (AvgIpc) is 3.67. The van der Waals surface area contributed by atoms with Crippen LogP contribution in [0.15, 0.2) is 52.7 Å². The van der Waals surface area contributed by atoms with Gasteiger partial charge in [0.25, 0.3) is 5.91 Å². The monoisotopic (exact) mass is 481 g/mol. The highest BCUT2D eigenvalue weighted by molar-refractivity contribution is 6.09. The van der Waals surface area contributed by atoms with Gasteiger partial charge in [-0.05, 0) is 87.6 Å². The molecule has 8 nitrogen and oxygen atoms in total. The second-order valence-corrected chi connectivity index (χ2v) is 9.51. The number of carbonyl (C=O) groups excluding carboxylic acids is 1. The molecule has 4 N–H and O–H groups in total. The van der Waals surface area contributed by atoms with E-state index in [1.54, 1.807) is 6.20 Å². The van der Waals surface area contributed by atoms with Crippen LogP contribution in [0.5, 0.6) is 0 Å². The molecule has 0 spiro atoms. The van der Waals surface area contributed by atoms with Crippen molar-refractivity contribution in [1.82, 2.24) is 15.3 Å². The fourth-order valence-corrected chi connectivity index (χ4v) is 4.50. The van der Waals surface area contributed by atoms with Crippen molar-refractivity contribution in [3.05, 3.63) is 76.2 Å². The summed E-state index contributed by atoms with van der Waals surface area (Å²) in [7, 11) is 0. The summed E-state index contributed by atoms with van der Waals surface area (Å²) in [5.41, 5.74) is 14.6. The molecular formula is C28H31N7O. The molecule has 3 aromatic rings. The number of rotatable bonds is 5. The Morgan fingerprint density at radius 1 is 1.14 bits per heavy atom. The molecule has 1 atom stereocenters. The van der Waals surface area contributed by atoms with Crippen LogP contribution in [0.25, 0.3) is 11.3 Å². The lowest BCUT2D eigenvalue weighted by atomic mass is 10.0. The van der Waals surface area contributed by atoms with Gasteiger partial charge in [0.05, 0.1) is 11.7 Å². The lowest BCUT2D eigenvalue weighted by molar-refractivity contribution is 0.0958. The summed E-state index contributed by atoms with van der Waals surface area (Å²) >= 11 is 0. The Labute approximate surface area is 211 Å². The molecule has 3 heterocycles. The zero-order chi connectivity index (χ0) is 25.4. The van der Waals surface area contributed by atoms with E-state index >= 15 is 0 Å². The predicted octanol–water partition coefficient (Wildman–Crippen LogP) is 4.64. The van der Waals surface area contributed by atoms with Gasteiger partial charge < -0.3 is 16.4 Å². The highest BCUT2D eigenvalue weighted by atomic mass is 16.2. The van der Waals surface area contributed by atoms with Crippen molar-refractivity contribution < 1.29 is 4.79 Å². The number of hydrogen-bond donors (Lipinski definition) is 3. The number of pyridine rings is 2. The molecule has 1 aliphatic carbocycles. The first-order valence-corrected chi connectivity index (χ1v) is 12.4. The van der Waals surface area contributed by atoms with Gasteiger partial charge in [-0.15, -0.1) is 0 Å². The second-order valence-electron chi connectivity index (χ2n) is 9.51. The topological polar surface area (TPSA) is 118 Å². The molecule has 36 heavy (non-hydrogen) atoms. The third-order valence-corrected chi connectivity index (χ3v) is 6.67. The Morgan fingerprint density at radius 3 is 2.61 bits per heavy atom. The number of nitrogens with one attached hydrogen (secondary N) is 2. The van der Waals surface area contributed by atoms with Crippen molar-refractivity contribution in [2.24, 2.45) is 15.7 Å². The minimum Gasteiger partial charge on any atom is -0.383 e. The van der Waals surface area contributed by atoms with Crippen LogP contribution >= 0.6 is 0 Å². The van der Waals surface area contributed by atoms with Gasteiger partial charge in [-0.25, -0.2) is 0 Å². The van der Waals surface area contributed by atoms with E-state index in [2.05, 4.69) is 42.7 Å². The number of carbonyl (C=O) groups is 1. The van der Waals surface area contributed by atoms with Crippen LogP contribution in [0.1, 0.15) is 77.0 Å². The van der Waals surface area contributed by atoms with Crippen molar-refractivity contribution in [2.75, 3.05) is 11.9 Å². The van der Waals surface area contributed by atoms with E-state index in [0.29, 0.717) is 29.8 Å². The zero-order valence-electron chi connectivity index (χ0n) is 21.1. The maximum Gasteiger partial charge on any atom is 0.252 e. The van der Waals surface area contributed by atoms with E-state index in [0.717, 1.165) is 44.9 Å². The van der Waals surface area contributed by atoms with Crippen molar-refractivity contribution in [2.45, 2.75) is 52.5 Å². The molecule has 1 unspecified atom stereocenters. The largest absolute Gasteiger partial charge is 0.383 e. The molecule has 0 bridgehead atoms. The van der Waals surface area contributed by atoms with Gasteiger partial charge in [-0.1, -0.05) is 0 Å². The van der Waals surface area contributed by atoms with Gasteiger partial charge in [0.15, 0.2) is 0 Å². The number of guanidine groups is 1. The number of nitrogens with two attached hydrogens (primary N) is 1. The number of anilines is 1. The molecule has 1 aliphatic heterocycles. The number of aliphatic imine (C=N–C) groups is 2. The molecule has 8 heteroatoms. The lowest BCUT2D eigenvalue weighted by Gasteiger charge is -2.13. The number of amides is 1.